The average molecular weight is 499 g/mol. The van der Waals surface area contributed by atoms with Crippen LogP contribution in [0, 0.1) is 10.1 Å². The summed E-state index contributed by atoms with van der Waals surface area (Å²) < 4.78 is 10.2. The van der Waals surface area contributed by atoms with E-state index in [0.29, 0.717) is 15.5 Å². The lowest BCUT2D eigenvalue weighted by Crippen LogP contribution is -2.37. The van der Waals surface area contributed by atoms with Crippen molar-refractivity contribution in [3.8, 4) is 11.3 Å². The van der Waals surface area contributed by atoms with E-state index in [2.05, 4.69) is 10.5 Å². The first-order chi connectivity index (χ1) is 16.7. The molecule has 35 heavy (non-hydrogen) atoms. The predicted octanol–water partition coefficient (Wildman–Crippen LogP) is 3.31. The summed E-state index contributed by atoms with van der Waals surface area (Å²) in [5, 5.41) is 17.6. The normalized spacial score (nSPS) is 12.5. The Morgan fingerprint density at radius 3 is 2.49 bits per heavy atom. The van der Waals surface area contributed by atoms with Gasteiger partial charge in [-0.25, -0.2) is 4.79 Å². The highest BCUT2D eigenvalue weighted by molar-refractivity contribution is 6.30. The fourth-order valence-corrected chi connectivity index (χ4v) is 3.54. The number of imide groups is 1. The molecule has 13 heteroatoms. The Morgan fingerprint density at radius 2 is 1.83 bits per heavy atom. The lowest BCUT2D eigenvalue weighted by atomic mass is 10.1. The van der Waals surface area contributed by atoms with Gasteiger partial charge in [-0.15, -0.1) is 0 Å². The number of benzene rings is 2. The second kappa shape index (κ2) is 9.35. The van der Waals surface area contributed by atoms with Crippen LogP contribution in [-0.4, -0.2) is 51.8 Å². The van der Waals surface area contributed by atoms with Crippen LogP contribution in [0.5, 0.6) is 0 Å². The second-order valence-electron chi connectivity index (χ2n) is 7.19. The molecule has 1 N–H and O–H groups in total. The van der Waals surface area contributed by atoms with Gasteiger partial charge in [-0.2, -0.15) is 0 Å². The fraction of sp³-hybridized carbons (Fsp3) is 0.136. The van der Waals surface area contributed by atoms with Crippen molar-refractivity contribution in [1.29, 1.82) is 0 Å². The second-order valence-corrected chi connectivity index (χ2v) is 7.63. The molecule has 2 aromatic carbocycles. The SMILES string of the molecule is CCOC(=O)c1c(-c2ccc(Cl)cc2)noc1NC(=O)CN1C(=O)c2ccc([N+](=O)[O-])cc2C1=O. The zero-order valence-electron chi connectivity index (χ0n) is 17.9. The van der Waals surface area contributed by atoms with Gasteiger partial charge in [-0.3, -0.25) is 34.7 Å². The minimum Gasteiger partial charge on any atom is -0.462 e. The van der Waals surface area contributed by atoms with E-state index in [1.807, 2.05) is 0 Å². The number of aromatic nitrogens is 1. The van der Waals surface area contributed by atoms with E-state index in [0.717, 1.165) is 18.2 Å². The maximum Gasteiger partial charge on any atom is 0.346 e. The van der Waals surface area contributed by atoms with Gasteiger partial charge in [0.15, 0.2) is 5.56 Å². The number of rotatable bonds is 7. The van der Waals surface area contributed by atoms with Crippen molar-refractivity contribution in [2.45, 2.75) is 6.92 Å². The largest absolute Gasteiger partial charge is 0.462 e. The Balaban J connectivity index is 1.58. The standard InChI is InChI=1S/C22H15ClN4O8/c1-2-34-22(31)17-18(11-3-5-12(23)6-4-11)25-35-19(17)24-16(28)10-26-20(29)14-8-7-13(27(32)33)9-15(14)21(26)30/h3-9H,2,10H2,1H3,(H,24,28). The molecule has 0 bridgehead atoms. The van der Waals surface area contributed by atoms with E-state index >= 15 is 0 Å². The molecule has 3 aromatic rings. The van der Waals surface area contributed by atoms with Crippen LogP contribution in [0.3, 0.4) is 0 Å². The molecule has 4 rings (SSSR count). The van der Waals surface area contributed by atoms with Crippen LogP contribution in [0.2, 0.25) is 5.02 Å². The molecular formula is C22H15ClN4O8. The number of anilines is 1. The number of nitrogens with zero attached hydrogens (tertiary/aromatic N) is 3. The maximum atomic E-state index is 12.7. The predicted molar refractivity (Wildman–Crippen MR) is 120 cm³/mol. The first-order valence-electron chi connectivity index (χ1n) is 10.1. The van der Waals surface area contributed by atoms with Crippen LogP contribution >= 0.6 is 11.6 Å². The number of esters is 1. The minimum atomic E-state index is -0.877. The van der Waals surface area contributed by atoms with Crippen LogP contribution in [-0.2, 0) is 9.53 Å². The van der Waals surface area contributed by atoms with E-state index in [1.165, 1.54) is 0 Å². The van der Waals surface area contributed by atoms with Crippen molar-refractivity contribution < 1.29 is 33.4 Å². The summed E-state index contributed by atoms with van der Waals surface area (Å²) in [6.07, 6.45) is 0. The minimum absolute atomic E-state index is 0.0403. The number of hydrogen-bond donors (Lipinski definition) is 1. The van der Waals surface area contributed by atoms with E-state index in [4.69, 9.17) is 20.9 Å². The van der Waals surface area contributed by atoms with Gasteiger partial charge in [-0.1, -0.05) is 28.9 Å². The summed E-state index contributed by atoms with van der Waals surface area (Å²) in [4.78, 5) is 61.4. The fourth-order valence-electron chi connectivity index (χ4n) is 3.42. The smallest absolute Gasteiger partial charge is 0.346 e. The van der Waals surface area contributed by atoms with Gasteiger partial charge < -0.3 is 9.26 Å². The lowest BCUT2D eigenvalue weighted by Gasteiger charge is -2.13. The van der Waals surface area contributed by atoms with E-state index in [-0.39, 0.29) is 40.6 Å². The molecule has 1 aromatic heterocycles. The van der Waals surface area contributed by atoms with E-state index in [9.17, 15) is 29.3 Å². The van der Waals surface area contributed by atoms with Crippen LogP contribution in [0.15, 0.2) is 47.0 Å². The molecule has 1 aliphatic heterocycles. The zero-order valence-corrected chi connectivity index (χ0v) is 18.7. The first kappa shape index (κ1) is 23.6. The summed E-state index contributed by atoms with van der Waals surface area (Å²) in [6.45, 7) is 0.899. The molecule has 0 unspecified atom stereocenters. The van der Waals surface area contributed by atoms with Gasteiger partial charge in [0.25, 0.3) is 17.5 Å². The van der Waals surface area contributed by atoms with E-state index < -0.39 is 35.2 Å². The Hall–Kier alpha value is -4.58. The molecule has 0 saturated heterocycles. The van der Waals surface area contributed by atoms with Crippen molar-refractivity contribution in [3.63, 3.8) is 0 Å². The van der Waals surface area contributed by atoms with Crippen molar-refractivity contribution in [2.24, 2.45) is 0 Å². The molecule has 178 valence electrons. The molecule has 12 nitrogen and oxygen atoms in total. The number of amides is 3. The lowest BCUT2D eigenvalue weighted by molar-refractivity contribution is -0.384. The number of nitro groups is 1. The van der Waals surface area contributed by atoms with Crippen LogP contribution < -0.4 is 5.32 Å². The molecular weight excluding hydrogens is 484 g/mol. The summed E-state index contributed by atoms with van der Waals surface area (Å²) >= 11 is 5.90. The van der Waals surface area contributed by atoms with Crippen LogP contribution in [0.4, 0.5) is 11.6 Å². The Morgan fingerprint density at radius 1 is 1.14 bits per heavy atom. The van der Waals surface area contributed by atoms with Crippen molar-refractivity contribution in [1.82, 2.24) is 10.1 Å². The number of carbonyl (C=O) groups excluding carboxylic acids is 4. The average Bonchev–Trinajstić information content (AvgIpc) is 3.34. The molecule has 2 heterocycles. The van der Waals surface area contributed by atoms with Gasteiger partial charge in [0.1, 0.15) is 12.2 Å². The highest BCUT2D eigenvalue weighted by Gasteiger charge is 2.38. The zero-order chi connectivity index (χ0) is 25.3. The Bertz CT molecular complexity index is 1380. The number of halogens is 1. The molecule has 3 amide bonds. The number of non-ortho nitro benzene ring substituents is 1. The summed E-state index contributed by atoms with van der Waals surface area (Å²) in [6, 6.07) is 9.54. The van der Waals surface area contributed by atoms with Gasteiger partial charge in [-0.05, 0) is 25.1 Å². The van der Waals surface area contributed by atoms with Crippen LogP contribution in [0.25, 0.3) is 11.3 Å². The molecule has 0 aliphatic carbocycles. The number of ether oxygens (including phenoxy) is 1. The molecule has 0 spiro atoms. The Labute approximate surface area is 201 Å². The molecule has 0 saturated carbocycles. The number of hydrogen-bond acceptors (Lipinski definition) is 9. The summed E-state index contributed by atoms with van der Waals surface area (Å²) in [5.41, 5.74) is -0.238. The Kier molecular flexibility index (Phi) is 6.30. The number of carbonyl (C=O) groups is 4. The molecule has 0 fully saturated rings. The third kappa shape index (κ3) is 4.46. The highest BCUT2D eigenvalue weighted by Crippen LogP contribution is 2.31. The molecule has 1 aliphatic rings. The van der Waals surface area contributed by atoms with Crippen LogP contribution in [0.1, 0.15) is 38.0 Å². The summed E-state index contributed by atoms with van der Waals surface area (Å²) in [5.74, 6) is -3.69. The number of fused-ring (bicyclic) bond motifs is 1. The molecule has 0 radical (unpaired) electrons. The van der Waals surface area contributed by atoms with Gasteiger partial charge in [0, 0.05) is 22.7 Å². The maximum absolute atomic E-state index is 12.7. The van der Waals surface area contributed by atoms with Crippen molar-refractivity contribution in [2.75, 3.05) is 18.5 Å². The first-order valence-corrected chi connectivity index (χ1v) is 10.5. The third-order valence-corrected chi connectivity index (χ3v) is 5.26. The van der Waals surface area contributed by atoms with Gasteiger partial charge >= 0.3 is 5.97 Å². The summed E-state index contributed by atoms with van der Waals surface area (Å²) in [7, 11) is 0. The van der Waals surface area contributed by atoms with Crippen molar-refractivity contribution >= 4 is 46.9 Å². The van der Waals surface area contributed by atoms with Crippen molar-refractivity contribution in [3.05, 3.63) is 74.3 Å². The highest BCUT2D eigenvalue weighted by atomic mass is 35.5. The number of nitrogens with one attached hydrogen (secondary N) is 1. The third-order valence-electron chi connectivity index (χ3n) is 5.01. The topological polar surface area (TPSA) is 162 Å². The van der Waals surface area contributed by atoms with Gasteiger partial charge in [0.2, 0.25) is 11.8 Å². The van der Waals surface area contributed by atoms with Gasteiger partial charge in [0.05, 0.1) is 22.7 Å². The van der Waals surface area contributed by atoms with E-state index in [1.54, 1.807) is 31.2 Å². The molecule has 0 atom stereocenters. The number of nitro benzene ring substituents is 1. The monoisotopic (exact) mass is 498 g/mol. The quantitative estimate of drug-likeness (QED) is 0.223.